The zero-order valence-corrected chi connectivity index (χ0v) is 17.5. The number of guanidine groups is 1. The molecule has 0 saturated carbocycles. The highest BCUT2D eigenvalue weighted by molar-refractivity contribution is 14.0. The third-order valence-electron chi connectivity index (χ3n) is 3.44. The highest BCUT2D eigenvalue weighted by Gasteiger charge is 2.03. The van der Waals surface area contributed by atoms with E-state index in [0.717, 1.165) is 57.1 Å². The van der Waals surface area contributed by atoms with E-state index in [4.69, 9.17) is 9.84 Å². The van der Waals surface area contributed by atoms with Crippen molar-refractivity contribution in [1.29, 1.82) is 0 Å². The lowest BCUT2D eigenvalue weighted by Crippen LogP contribution is -2.38. The third kappa shape index (κ3) is 10.6. The van der Waals surface area contributed by atoms with Gasteiger partial charge in [0.25, 0.3) is 0 Å². The van der Waals surface area contributed by atoms with E-state index in [-0.39, 0.29) is 30.6 Å². The van der Waals surface area contributed by atoms with Gasteiger partial charge in [0.2, 0.25) is 0 Å². The molecule has 0 bridgehead atoms. The van der Waals surface area contributed by atoms with Crippen LogP contribution >= 0.6 is 24.0 Å². The van der Waals surface area contributed by atoms with Gasteiger partial charge in [0.1, 0.15) is 5.82 Å². The van der Waals surface area contributed by atoms with Gasteiger partial charge in [-0.1, -0.05) is 19.4 Å². The van der Waals surface area contributed by atoms with Crippen LogP contribution in [-0.2, 0) is 17.9 Å². The molecule has 0 heterocycles. The van der Waals surface area contributed by atoms with Gasteiger partial charge in [-0.3, -0.25) is 0 Å². The number of rotatable bonds is 11. The molecule has 7 heteroatoms. The van der Waals surface area contributed by atoms with Crippen LogP contribution in [0.25, 0.3) is 0 Å². The fraction of sp³-hybridized carbons (Fsp3) is 0.611. The van der Waals surface area contributed by atoms with E-state index in [2.05, 4.69) is 22.5 Å². The summed E-state index contributed by atoms with van der Waals surface area (Å²) in [6.07, 6.45) is 3.17. The molecule has 0 unspecified atom stereocenters. The van der Waals surface area contributed by atoms with Crippen LogP contribution in [0.1, 0.15) is 44.2 Å². The molecular weight excluding hydrogens is 436 g/mol. The van der Waals surface area contributed by atoms with E-state index >= 15 is 0 Å². The lowest BCUT2D eigenvalue weighted by molar-refractivity contribution is 0.129. The van der Waals surface area contributed by atoms with Crippen LogP contribution in [0.15, 0.2) is 23.2 Å². The van der Waals surface area contributed by atoms with E-state index in [1.165, 1.54) is 6.07 Å². The van der Waals surface area contributed by atoms with Crippen LogP contribution in [0.2, 0.25) is 0 Å². The number of aliphatic hydroxyl groups excluding tert-OH is 1. The van der Waals surface area contributed by atoms with Crippen molar-refractivity contribution in [3.05, 3.63) is 35.1 Å². The molecule has 1 aromatic rings. The van der Waals surface area contributed by atoms with Crippen molar-refractivity contribution in [2.24, 2.45) is 4.99 Å². The van der Waals surface area contributed by atoms with Crippen LogP contribution in [0.3, 0.4) is 0 Å². The number of unbranched alkanes of at least 4 members (excludes halogenated alkanes) is 1. The summed E-state index contributed by atoms with van der Waals surface area (Å²) in [4.78, 5) is 4.49. The summed E-state index contributed by atoms with van der Waals surface area (Å²) >= 11 is 0. The molecule has 0 atom stereocenters. The van der Waals surface area contributed by atoms with E-state index in [1.54, 1.807) is 12.1 Å². The normalized spacial score (nSPS) is 11.1. The first kappa shape index (κ1) is 24.1. The predicted molar refractivity (Wildman–Crippen MR) is 111 cm³/mol. The van der Waals surface area contributed by atoms with E-state index in [1.807, 2.05) is 6.92 Å². The van der Waals surface area contributed by atoms with Crippen molar-refractivity contribution >= 4 is 29.9 Å². The first-order valence-corrected chi connectivity index (χ1v) is 8.69. The van der Waals surface area contributed by atoms with E-state index in [9.17, 15) is 4.39 Å². The summed E-state index contributed by atoms with van der Waals surface area (Å²) in [5.74, 6) is 0.333. The number of aliphatic imine (C=N–C) groups is 1. The standard InChI is InChI=1S/C18H30FN3O2.HI/c1-3-5-10-24-11-6-9-21-18(20-4-2)22-13-15-7-8-17(19)16(12-15)14-23;/h7-8,12,23H,3-6,9-11,13-14H2,1-2H3,(H2,20,21,22);1H. The summed E-state index contributed by atoms with van der Waals surface area (Å²) in [6.45, 7) is 7.39. The van der Waals surface area contributed by atoms with Gasteiger partial charge in [-0.2, -0.15) is 0 Å². The molecule has 0 amide bonds. The average molecular weight is 467 g/mol. The zero-order chi connectivity index (χ0) is 17.6. The topological polar surface area (TPSA) is 65.9 Å². The number of halogens is 2. The fourth-order valence-corrected chi connectivity index (χ4v) is 2.09. The second kappa shape index (κ2) is 15.3. The second-order valence-corrected chi connectivity index (χ2v) is 5.53. The Morgan fingerprint density at radius 2 is 1.96 bits per heavy atom. The van der Waals surface area contributed by atoms with Gasteiger partial charge in [0.05, 0.1) is 13.2 Å². The number of nitrogens with zero attached hydrogens (tertiary/aromatic N) is 1. The van der Waals surface area contributed by atoms with Gasteiger partial charge in [0.15, 0.2) is 5.96 Å². The van der Waals surface area contributed by atoms with Gasteiger partial charge in [0, 0.05) is 31.9 Å². The van der Waals surface area contributed by atoms with Gasteiger partial charge >= 0.3 is 0 Å². The SMILES string of the molecule is CCCCOCCCNC(=NCc1ccc(F)c(CO)c1)NCC.I. The molecule has 0 aliphatic carbocycles. The molecule has 144 valence electrons. The number of ether oxygens (including phenoxy) is 1. The van der Waals surface area contributed by atoms with Crippen molar-refractivity contribution in [3.8, 4) is 0 Å². The smallest absolute Gasteiger partial charge is 0.191 e. The molecule has 0 radical (unpaired) electrons. The number of aliphatic hydroxyl groups is 1. The molecule has 0 saturated heterocycles. The minimum absolute atomic E-state index is 0. The monoisotopic (exact) mass is 467 g/mol. The Balaban J connectivity index is 0.00000576. The van der Waals surface area contributed by atoms with E-state index < -0.39 is 5.82 Å². The van der Waals surface area contributed by atoms with Crippen molar-refractivity contribution in [3.63, 3.8) is 0 Å². The molecule has 5 nitrogen and oxygen atoms in total. The van der Waals surface area contributed by atoms with Crippen LogP contribution in [-0.4, -0.2) is 37.4 Å². The van der Waals surface area contributed by atoms with E-state index in [0.29, 0.717) is 12.1 Å². The van der Waals surface area contributed by atoms with Crippen LogP contribution in [0, 0.1) is 5.82 Å². The molecular formula is C18H31FIN3O2. The van der Waals surface area contributed by atoms with Gasteiger partial charge in [-0.25, -0.2) is 9.38 Å². The summed E-state index contributed by atoms with van der Waals surface area (Å²) in [5, 5.41) is 15.5. The first-order chi connectivity index (χ1) is 11.7. The largest absolute Gasteiger partial charge is 0.392 e. The first-order valence-electron chi connectivity index (χ1n) is 8.69. The summed E-state index contributed by atoms with van der Waals surface area (Å²) < 4.78 is 18.9. The average Bonchev–Trinajstić information content (AvgIpc) is 2.59. The molecule has 0 aliphatic heterocycles. The van der Waals surface area contributed by atoms with Gasteiger partial charge in [-0.15, -0.1) is 24.0 Å². The Labute approximate surface area is 167 Å². The van der Waals surface area contributed by atoms with Crippen LogP contribution in [0.4, 0.5) is 4.39 Å². The summed E-state index contributed by atoms with van der Waals surface area (Å²) in [6, 6.07) is 4.69. The number of hydrogen-bond donors (Lipinski definition) is 3. The highest BCUT2D eigenvalue weighted by atomic mass is 127. The minimum atomic E-state index is -0.390. The molecule has 1 aromatic carbocycles. The number of nitrogens with one attached hydrogen (secondary N) is 2. The molecule has 3 N–H and O–H groups in total. The Morgan fingerprint density at radius 3 is 2.64 bits per heavy atom. The Hall–Kier alpha value is -0.930. The highest BCUT2D eigenvalue weighted by Crippen LogP contribution is 2.11. The number of benzene rings is 1. The zero-order valence-electron chi connectivity index (χ0n) is 15.2. The molecule has 0 fully saturated rings. The Morgan fingerprint density at radius 1 is 1.20 bits per heavy atom. The van der Waals surface area contributed by atoms with Crippen molar-refractivity contribution in [2.75, 3.05) is 26.3 Å². The Bertz CT molecular complexity index is 501. The minimum Gasteiger partial charge on any atom is -0.392 e. The maximum absolute atomic E-state index is 13.4. The van der Waals surface area contributed by atoms with Crippen molar-refractivity contribution in [1.82, 2.24) is 10.6 Å². The van der Waals surface area contributed by atoms with Crippen LogP contribution < -0.4 is 10.6 Å². The van der Waals surface area contributed by atoms with Gasteiger partial charge in [-0.05, 0) is 37.5 Å². The summed E-state index contributed by atoms with van der Waals surface area (Å²) in [7, 11) is 0. The molecule has 0 aliphatic rings. The fourth-order valence-electron chi connectivity index (χ4n) is 2.09. The van der Waals surface area contributed by atoms with Crippen molar-refractivity contribution in [2.45, 2.75) is 46.3 Å². The molecule has 25 heavy (non-hydrogen) atoms. The molecule has 1 rings (SSSR count). The van der Waals surface area contributed by atoms with Gasteiger partial charge < -0.3 is 20.5 Å². The number of hydrogen-bond acceptors (Lipinski definition) is 3. The third-order valence-corrected chi connectivity index (χ3v) is 3.44. The summed E-state index contributed by atoms with van der Waals surface area (Å²) in [5.41, 5.74) is 1.16. The maximum atomic E-state index is 13.4. The van der Waals surface area contributed by atoms with Crippen LogP contribution in [0.5, 0.6) is 0 Å². The lowest BCUT2D eigenvalue weighted by atomic mass is 10.1. The van der Waals surface area contributed by atoms with Crippen molar-refractivity contribution < 1.29 is 14.2 Å². The Kier molecular flexibility index (Phi) is 14.8. The molecule has 0 spiro atoms. The molecule has 0 aromatic heterocycles. The lowest BCUT2D eigenvalue weighted by Gasteiger charge is -2.11. The second-order valence-electron chi connectivity index (χ2n) is 5.53. The maximum Gasteiger partial charge on any atom is 0.191 e. The predicted octanol–water partition coefficient (Wildman–Crippen LogP) is 3.20. The quantitative estimate of drug-likeness (QED) is 0.203.